The van der Waals surface area contributed by atoms with Crippen LogP contribution in [0, 0.1) is 11.8 Å². The van der Waals surface area contributed by atoms with Gasteiger partial charge in [-0.05, 0) is 25.2 Å². The van der Waals surface area contributed by atoms with Crippen molar-refractivity contribution in [2.24, 2.45) is 11.8 Å². The largest absolute Gasteiger partial charge is 0.381 e. The first-order chi connectivity index (χ1) is 6.20. The highest BCUT2D eigenvalue weighted by molar-refractivity contribution is 5.83. The Bertz CT molecular complexity index is 159. The molecule has 1 aliphatic carbocycles. The average Bonchev–Trinajstić information content (AvgIpc) is 2.85. The van der Waals surface area contributed by atoms with Crippen LogP contribution in [0.5, 0.6) is 0 Å². The predicted octanol–water partition coefficient (Wildman–Crippen LogP) is 2.42. The van der Waals surface area contributed by atoms with Crippen molar-refractivity contribution in [2.75, 3.05) is 13.2 Å². The molecule has 1 rings (SSSR count). The molecule has 0 amide bonds. The van der Waals surface area contributed by atoms with E-state index in [1.54, 1.807) is 0 Å². The summed E-state index contributed by atoms with van der Waals surface area (Å²) in [6.07, 6.45) is 3.89. The summed E-state index contributed by atoms with van der Waals surface area (Å²) >= 11 is 0. The molecule has 0 spiro atoms. The number of hydrogen-bond acceptors (Lipinski definition) is 2. The normalized spacial score (nSPS) is 16.5. The van der Waals surface area contributed by atoms with Gasteiger partial charge in [0.25, 0.3) is 0 Å². The van der Waals surface area contributed by atoms with E-state index in [0.29, 0.717) is 17.6 Å². The Hall–Kier alpha value is -0.370. The lowest BCUT2D eigenvalue weighted by molar-refractivity contribution is -0.120. The van der Waals surface area contributed by atoms with E-state index in [0.717, 1.165) is 38.9 Å². The van der Waals surface area contributed by atoms with Crippen molar-refractivity contribution >= 4 is 5.78 Å². The van der Waals surface area contributed by atoms with Crippen LogP contribution in [-0.2, 0) is 9.53 Å². The summed E-state index contributed by atoms with van der Waals surface area (Å²) in [5.41, 5.74) is 0. The Morgan fingerprint density at radius 1 is 1.46 bits per heavy atom. The highest BCUT2D eigenvalue weighted by atomic mass is 16.5. The molecular weight excluding hydrogens is 164 g/mol. The van der Waals surface area contributed by atoms with Crippen molar-refractivity contribution in [3.8, 4) is 0 Å². The van der Waals surface area contributed by atoms with Gasteiger partial charge < -0.3 is 4.74 Å². The minimum atomic E-state index is 0.421. The third-order valence-corrected chi connectivity index (χ3v) is 2.20. The molecule has 2 heteroatoms. The third-order valence-electron chi connectivity index (χ3n) is 2.20. The maximum absolute atomic E-state index is 11.2. The van der Waals surface area contributed by atoms with E-state index >= 15 is 0 Å². The maximum atomic E-state index is 11.2. The maximum Gasteiger partial charge on any atom is 0.136 e. The zero-order chi connectivity index (χ0) is 9.68. The summed E-state index contributed by atoms with van der Waals surface area (Å²) in [5.74, 6) is 1.47. The monoisotopic (exact) mass is 184 g/mol. The number of carbonyl (C=O) groups excluding carboxylic acids is 1. The van der Waals surface area contributed by atoms with Crippen molar-refractivity contribution in [3.63, 3.8) is 0 Å². The first kappa shape index (κ1) is 10.7. The van der Waals surface area contributed by atoms with Crippen LogP contribution < -0.4 is 0 Å². The molecule has 0 atom stereocenters. The van der Waals surface area contributed by atoms with Crippen molar-refractivity contribution in [2.45, 2.75) is 39.5 Å². The number of carbonyl (C=O) groups is 1. The van der Waals surface area contributed by atoms with Crippen LogP contribution in [0.25, 0.3) is 0 Å². The second-order valence-corrected chi connectivity index (χ2v) is 4.31. The summed E-state index contributed by atoms with van der Waals surface area (Å²) in [4.78, 5) is 11.2. The molecule has 0 heterocycles. The van der Waals surface area contributed by atoms with Gasteiger partial charge >= 0.3 is 0 Å². The summed E-state index contributed by atoms with van der Waals surface area (Å²) < 4.78 is 5.39. The van der Waals surface area contributed by atoms with Gasteiger partial charge in [0.1, 0.15) is 5.78 Å². The van der Waals surface area contributed by atoms with Crippen LogP contribution in [0.3, 0.4) is 0 Å². The molecule has 0 aromatic carbocycles. The molecular formula is C11H20O2. The topological polar surface area (TPSA) is 26.3 Å². The minimum absolute atomic E-state index is 0.421. The van der Waals surface area contributed by atoms with E-state index in [4.69, 9.17) is 4.74 Å². The molecule has 76 valence electrons. The van der Waals surface area contributed by atoms with Crippen LogP contribution >= 0.6 is 0 Å². The number of Topliss-reactive ketones (excluding diaryl/α,β-unsaturated/α-hetero) is 1. The Balaban J connectivity index is 1.86. The Morgan fingerprint density at radius 3 is 2.69 bits per heavy atom. The molecule has 0 aromatic heterocycles. The highest BCUT2D eigenvalue weighted by Crippen LogP contribution is 2.31. The van der Waals surface area contributed by atoms with Crippen LogP contribution in [0.1, 0.15) is 39.5 Å². The summed E-state index contributed by atoms with van der Waals surface area (Å²) in [6, 6.07) is 0. The zero-order valence-electron chi connectivity index (χ0n) is 8.71. The Morgan fingerprint density at radius 2 is 2.15 bits per heavy atom. The van der Waals surface area contributed by atoms with Gasteiger partial charge in [-0.25, -0.2) is 0 Å². The molecule has 1 aliphatic rings. The van der Waals surface area contributed by atoms with Gasteiger partial charge in [-0.15, -0.1) is 0 Å². The van der Waals surface area contributed by atoms with Crippen molar-refractivity contribution in [3.05, 3.63) is 0 Å². The van der Waals surface area contributed by atoms with Gasteiger partial charge in [-0.1, -0.05) is 13.8 Å². The molecule has 13 heavy (non-hydrogen) atoms. The molecule has 1 saturated carbocycles. The molecule has 0 saturated heterocycles. The van der Waals surface area contributed by atoms with Crippen molar-refractivity contribution < 1.29 is 9.53 Å². The fourth-order valence-electron chi connectivity index (χ4n) is 1.28. The van der Waals surface area contributed by atoms with Crippen LogP contribution in [0.4, 0.5) is 0 Å². The smallest absolute Gasteiger partial charge is 0.136 e. The third kappa shape index (κ3) is 5.04. The van der Waals surface area contributed by atoms with E-state index in [1.165, 1.54) is 0 Å². The Kier molecular flexibility index (Phi) is 4.43. The molecule has 0 unspecified atom stereocenters. The number of hydrogen-bond donors (Lipinski definition) is 0. The summed E-state index contributed by atoms with van der Waals surface area (Å²) in [7, 11) is 0. The predicted molar refractivity (Wildman–Crippen MR) is 52.6 cm³/mol. The number of ether oxygens (including phenoxy) is 1. The quantitative estimate of drug-likeness (QED) is 0.568. The molecule has 0 bridgehead atoms. The van der Waals surface area contributed by atoms with E-state index in [-0.39, 0.29) is 0 Å². The van der Waals surface area contributed by atoms with Gasteiger partial charge in [-0.2, -0.15) is 0 Å². The highest BCUT2D eigenvalue weighted by Gasteiger charge is 2.28. The van der Waals surface area contributed by atoms with E-state index in [2.05, 4.69) is 13.8 Å². The molecule has 2 nitrogen and oxygen atoms in total. The standard InChI is InChI=1S/C11H20O2/c1-9(2)8-13-7-3-4-11(12)10-5-6-10/h9-10H,3-8H2,1-2H3. The summed E-state index contributed by atoms with van der Waals surface area (Å²) in [5, 5.41) is 0. The Labute approximate surface area is 80.7 Å². The van der Waals surface area contributed by atoms with E-state index in [9.17, 15) is 4.79 Å². The fraction of sp³-hybridized carbons (Fsp3) is 0.909. The van der Waals surface area contributed by atoms with Gasteiger partial charge in [-0.3, -0.25) is 4.79 Å². The lowest BCUT2D eigenvalue weighted by Gasteiger charge is -2.05. The first-order valence-corrected chi connectivity index (χ1v) is 5.30. The molecule has 0 aliphatic heterocycles. The lowest BCUT2D eigenvalue weighted by atomic mass is 10.1. The molecule has 0 aromatic rings. The minimum Gasteiger partial charge on any atom is -0.381 e. The summed E-state index contributed by atoms with van der Waals surface area (Å²) in [6.45, 7) is 5.83. The average molecular weight is 184 g/mol. The van der Waals surface area contributed by atoms with Gasteiger partial charge in [0.15, 0.2) is 0 Å². The van der Waals surface area contributed by atoms with Crippen molar-refractivity contribution in [1.29, 1.82) is 0 Å². The van der Waals surface area contributed by atoms with E-state index < -0.39 is 0 Å². The van der Waals surface area contributed by atoms with Crippen molar-refractivity contribution in [1.82, 2.24) is 0 Å². The number of rotatable bonds is 7. The zero-order valence-corrected chi connectivity index (χ0v) is 8.71. The number of ketones is 1. The first-order valence-electron chi connectivity index (χ1n) is 5.30. The van der Waals surface area contributed by atoms with Crippen LogP contribution in [-0.4, -0.2) is 19.0 Å². The van der Waals surface area contributed by atoms with E-state index in [1.807, 2.05) is 0 Å². The molecule has 1 fully saturated rings. The van der Waals surface area contributed by atoms with Gasteiger partial charge in [0, 0.05) is 25.6 Å². The van der Waals surface area contributed by atoms with Crippen LogP contribution in [0.15, 0.2) is 0 Å². The second kappa shape index (κ2) is 5.38. The van der Waals surface area contributed by atoms with Gasteiger partial charge in [0.05, 0.1) is 0 Å². The second-order valence-electron chi connectivity index (χ2n) is 4.31. The molecule has 0 radical (unpaired) electrons. The lowest BCUT2D eigenvalue weighted by Crippen LogP contribution is -2.06. The van der Waals surface area contributed by atoms with Crippen LogP contribution in [0.2, 0.25) is 0 Å². The van der Waals surface area contributed by atoms with Gasteiger partial charge in [0.2, 0.25) is 0 Å². The SMILES string of the molecule is CC(C)COCCCC(=O)C1CC1. The fourth-order valence-corrected chi connectivity index (χ4v) is 1.28. The molecule has 0 N–H and O–H groups in total.